The van der Waals surface area contributed by atoms with Gasteiger partial charge in [-0.15, -0.1) is 0 Å². The van der Waals surface area contributed by atoms with Crippen LogP contribution in [0.25, 0.3) is 0 Å². The number of hydrogen-bond donors (Lipinski definition) is 1. The number of carbonyl (C=O) groups excluding carboxylic acids is 1. The molecule has 6 heteroatoms. The average molecular weight is 370 g/mol. The molecule has 2 aliphatic heterocycles. The smallest absolute Gasteiger partial charge is 0.255 e. The van der Waals surface area contributed by atoms with Gasteiger partial charge in [-0.05, 0) is 45.4 Å². The first-order valence-corrected chi connectivity index (χ1v) is 10.3. The molecule has 0 bridgehead atoms. The molecule has 1 aromatic heterocycles. The van der Waals surface area contributed by atoms with E-state index in [0.29, 0.717) is 30.7 Å². The number of fused-ring (bicyclic) bond motifs is 1. The Morgan fingerprint density at radius 1 is 1.33 bits per heavy atom. The Kier molecular flexibility index (Phi) is 5.17. The van der Waals surface area contributed by atoms with Crippen LogP contribution in [-0.4, -0.2) is 44.8 Å². The molecule has 1 amide bonds. The van der Waals surface area contributed by atoms with Crippen LogP contribution in [0.4, 0.5) is 0 Å². The Labute approximate surface area is 160 Å². The molecule has 3 heterocycles. The maximum Gasteiger partial charge on any atom is 0.255 e. The van der Waals surface area contributed by atoms with Crippen LogP contribution >= 0.6 is 0 Å². The standard InChI is InChI=1S/C21H30N4O2/c1-14(2)24-11-9-17-16(13-24)21(27)23-20(22-17)18-8-5-10-25(18)19(26)12-15-6-3-4-7-15/h3,6,14-15,18H,4-5,7-13H2,1-2H3,(H,22,23,27). The van der Waals surface area contributed by atoms with E-state index in [-0.39, 0.29) is 17.5 Å². The molecular formula is C21H30N4O2. The van der Waals surface area contributed by atoms with E-state index in [9.17, 15) is 9.59 Å². The molecule has 27 heavy (non-hydrogen) atoms. The van der Waals surface area contributed by atoms with Crippen molar-refractivity contribution in [2.45, 2.75) is 71.0 Å². The van der Waals surface area contributed by atoms with E-state index in [1.807, 2.05) is 4.90 Å². The van der Waals surface area contributed by atoms with Gasteiger partial charge in [0.1, 0.15) is 5.82 Å². The summed E-state index contributed by atoms with van der Waals surface area (Å²) in [5.74, 6) is 1.25. The summed E-state index contributed by atoms with van der Waals surface area (Å²) in [5, 5.41) is 0. The Morgan fingerprint density at radius 2 is 2.19 bits per heavy atom. The van der Waals surface area contributed by atoms with Crippen molar-refractivity contribution < 1.29 is 4.79 Å². The fourth-order valence-electron chi connectivity index (χ4n) is 4.62. The summed E-state index contributed by atoms with van der Waals surface area (Å²) in [7, 11) is 0. The van der Waals surface area contributed by atoms with Crippen molar-refractivity contribution in [3.63, 3.8) is 0 Å². The number of carbonyl (C=O) groups is 1. The van der Waals surface area contributed by atoms with Crippen LogP contribution in [0.5, 0.6) is 0 Å². The average Bonchev–Trinajstić information content (AvgIpc) is 3.32. The summed E-state index contributed by atoms with van der Waals surface area (Å²) in [6, 6.07) is 0.341. The normalized spacial score (nSPS) is 25.4. The molecule has 2 atom stereocenters. The topological polar surface area (TPSA) is 69.3 Å². The van der Waals surface area contributed by atoms with Gasteiger partial charge in [-0.1, -0.05) is 12.2 Å². The number of nitrogens with zero attached hydrogens (tertiary/aromatic N) is 3. The van der Waals surface area contributed by atoms with Crippen molar-refractivity contribution >= 4 is 5.91 Å². The highest BCUT2D eigenvalue weighted by molar-refractivity contribution is 5.77. The number of nitrogens with one attached hydrogen (secondary N) is 1. The molecule has 1 saturated heterocycles. The van der Waals surface area contributed by atoms with Crippen LogP contribution in [0.3, 0.4) is 0 Å². The van der Waals surface area contributed by atoms with E-state index in [1.54, 1.807) is 0 Å². The summed E-state index contributed by atoms with van der Waals surface area (Å²) < 4.78 is 0. The minimum Gasteiger partial charge on any atom is -0.332 e. The molecular weight excluding hydrogens is 340 g/mol. The van der Waals surface area contributed by atoms with Gasteiger partial charge in [-0.3, -0.25) is 14.5 Å². The lowest BCUT2D eigenvalue weighted by atomic mass is 10.0. The predicted octanol–water partition coefficient (Wildman–Crippen LogP) is 2.56. The molecule has 1 N–H and O–H groups in total. The summed E-state index contributed by atoms with van der Waals surface area (Å²) in [4.78, 5) is 37.7. The first-order chi connectivity index (χ1) is 13.0. The van der Waals surface area contributed by atoms with E-state index in [1.165, 1.54) is 0 Å². The molecule has 6 nitrogen and oxygen atoms in total. The SMILES string of the molecule is CC(C)N1CCc2nc(C3CCCN3C(=O)CC3C=CCC3)[nH]c(=O)c2C1. The van der Waals surface area contributed by atoms with Crippen molar-refractivity contribution in [1.29, 1.82) is 0 Å². The van der Waals surface area contributed by atoms with Crippen molar-refractivity contribution in [3.8, 4) is 0 Å². The number of aromatic nitrogens is 2. The third-order valence-corrected chi connectivity index (χ3v) is 6.28. The molecule has 0 saturated carbocycles. The van der Waals surface area contributed by atoms with E-state index >= 15 is 0 Å². The molecule has 0 aromatic carbocycles. The van der Waals surface area contributed by atoms with E-state index in [2.05, 4.69) is 35.9 Å². The maximum absolute atomic E-state index is 12.8. The summed E-state index contributed by atoms with van der Waals surface area (Å²) in [6.07, 6.45) is 9.72. The van der Waals surface area contributed by atoms with Crippen molar-refractivity contribution in [2.75, 3.05) is 13.1 Å². The van der Waals surface area contributed by atoms with Gasteiger partial charge in [0.25, 0.3) is 5.56 Å². The van der Waals surface area contributed by atoms with Gasteiger partial charge in [-0.2, -0.15) is 0 Å². The van der Waals surface area contributed by atoms with Crippen molar-refractivity contribution in [1.82, 2.24) is 19.8 Å². The van der Waals surface area contributed by atoms with E-state index < -0.39 is 0 Å². The third-order valence-electron chi connectivity index (χ3n) is 6.28. The molecule has 3 aliphatic rings. The molecule has 1 aliphatic carbocycles. The second kappa shape index (κ2) is 7.58. The van der Waals surface area contributed by atoms with Crippen LogP contribution in [0, 0.1) is 5.92 Å². The lowest BCUT2D eigenvalue weighted by Crippen LogP contribution is -2.40. The number of allylic oxidation sites excluding steroid dienone is 2. The number of aromatic amines is 1. The van der Waals surface area contributed by atoms with Gasteiger partial charge < -0.3 is 9.88 Å². The second-order valence-electron chi connectivity index (χ2n) is 8.41. The van der Waals surface area contributed by atoms with Crippen molar-refractivity contribution in [3.05, 3.63) is 39.6 Å². The van der Waals surface area contributed by atoms with Gasteiger partial charge in [0, 0.05) is 38.5 Å². The van der Waals surface area contributed by atoms with Crippen LogP contribution in [0.15, 0.2) is 16.9 Å². The number of H-pyrrole nitrogens is 1. The predicted molar refractivity (Wildman–Crippen MR) is 104 cm³/mol. The Bertz CT molecular complexity index is 798. The molecule has 0 radical (unpaired) electrons. The van der Waals surface area contributed by atoms with Gasteiger partial charge in [-0.25, -0.2) is 4.98 Å². The number of rotatable bonds is 4. The summed E-state index contributed by atoms with van der Waals surface area (Å²) in [5.41, 5.74) is 1.69. The summed E-state index contributed by atoms with van der Waals surface area (Å²) in [6.45, 7) is 6.67. The van der Waals surface area contributed by atoms with E-state index in [0.717, 1.165) is 56.5 Å². The highest BCUT2D eigenvalue weighted by Crippen LogP contribution is 2.32. The zero-order valence-corrected chi connectivity index (χ0v) is 16.4. The molecule has 1 aromatic rings. The lowest BCUT2D eigenvalue weighted by Gasteiger charge is -2.31. The van der Waals surface area contributed by atoms with E-state index in [4.69, 9.17) is 4.98 Å². The van der Waals surface area contributed by atoms with Crippen LogP contribution in [0.1, 0.15) is 69.1 Å². The van der Waals surface area contributed by atoms with Gasteiger partial charge in [0.15, 0.2) is 0 Å². The summed E-state index contributed by atoms with van der Waals surface area (Å²) >= 11 is 0. The molecule has 2 unspecified atom stereocenters. The van der Waals surface area contributed by atoms with Gasteiger partial charge in [0.2, 0.25) is 5.91 Å². The third kappa shape index (κ3) is 3.72. The van der Waals surface area contributed by atoms with Gasteiger partial charge in [0.05, 0.1) is 17.3 Å². The lowest BCUT2D eigenvalue weighted by molar-refractivity contribution is -0.133. The number of amides is 1. The number of hydrogen-bond acceptors (Lipinski definition) is 4. The highest BCUT2D eigenvalue weighted by Gasteiger charge is 2.34. The zero-order chi connectivity index (χ0) is 19.0. The van der Waals surface area contributed by atoms with Gasteiger partial charge >= 0.3 is 0 Å². The zero-order valence-electron chi connectivity index (χ0n) is 16.4. The van der Waals surface area contributed by atoms with Crippen LogP contribution in [0.2, 0.25) is 0 Å². The quantitative estimate of drug-likeness (QED) is 0.827. The Morgan fingerprint density at radius 3 is 2.93 bits per heavy atom. The molecule has 146 valence electrons. The molecule has 0 spiro atoms. The largest absolute Gasteiger partial charge is 0.332 e. The fourth-order valence-corrected chi connectivity index (χ4v) is 4.62. The Hall–Kier alpha value is -1.95. The number of likely N-dealkylation sites (tertiary alicyclic amines) is 1. The second-order valence-corrected chi connectivity index (χ2v) is 8.41. The highest BCUT2D eigenvalue weighted by atomic mass is 16.2. The maximum atomic E-state index is 12.8. The first kappa shape index (κ1) is 18.4. The van der Waals surface area contributed by atoms with Crippen LogP contribution in [-0.2, 0) is 17.8 Å². The molecule has 4 rings (SSSR count). The van der Waals surface area contributed by atoms with Crippen LogP contribution < -0.4 is 5.56 Å². The fraction of sp³-hybridized carbons (Fsp3) is 0.667. The van der Waals surface area contributed by atoms with Crippen molar-refractivity contribution in [2.24, 2.45) is 5.92 Å². The monoisotopic (exact) mass is 370 g/mol. The minimum absolute atomic E-state index is 0.0293. The Balaban J connectivity index is 1.54. The molecule has 1 fully saturated rings. The first-order valence-electron chi connectivity index (χ1n) is 10.3. The minimum atomic E-state index is -0.0796.